The number of fused-ring (bicyclic) bond motifs is 1. The number of hydrogen-bond donors (Lipinski definition) is 0. The number of furan rings is 1. The highest BCUT2D eigenvalue weighted by atomic mass is 16.5. The minimum Gasteiger partial charge on any atom is -0.497 e. The monoisotopic (exact) mass is 326 g/mol. The van der Waals surface area contributed by atoms with Crippen LogP contribution < -0.4 is 4.74 Å². The van der Waals surface area contributed by atoms with E-state index < -0.39 is 5.97 Å². The van der Waals surface area contributed by atoms with Gasteiger partial charge in [0.2, 0.25) is 5.76 Å². The quantitative estimate of drug-likeness (QED) is 0.642. The minimum absolute atomic E-state index is 0.159. The van der Waals surface area contributed by atoms with E-state index in [1.54, 1.807) is 14.2 Å². The van der Waals surface area contributed by atoms with Crippen LogP contribution in [-0.4, -0.2) is 20.2 Å². The summed E-state index contributed by atoms with van der Waals surface area (Å²) >= 11 is 0. The molecule has 0 radical (unpaired) electrons. The van der Waals surface area contributed by atoms with E-state index >= 15 is 0 Å². The molecule has 0 saturated carbocycles. The Kier molecular flexibility index (Phi) is 4.82. The molecule has 5 heteroatoms. The van der Waals surface area contributed by atoms with Crippen LogP contribution in [0.25, 0.3) is 11.0 Å². The molecule has 3 rings (SSSR count). The van der Waals surface area contributed by atoms with Crippen molar-refractivity contribution in [3.8, 4) is 5.75 Å². The largest absolute Gasteiger partial charge is 0.497 e. The van der Waals surface area contributed by atoms with Gasteiger partial charge in [0.05, 0.1) is 13.7 Å². The molecule has 0 amide bonds. The maximum Gasteiger partial charge on any atom is 0.374 e. The first kappa shape index (κ1) is 16.1. The number of ether oxygens (including phenoxy) is 3. The van der Waals surface area contributed by atoms with Crippen LogP contribution in [0.3, 0.4) is 0 Å². The zero-order valence-corrected chi connectivity index (χ0v) is 13.6. The molecule has 0 aliphatic carbocycles. The molecule has 0 saturated heterocycles. The number of methoxy groups -OCH3 is 2. The standard InChI is InChI=1S/C19H18O5/c1-21-12-16-15-5-3-4-6-17(15)24-18(16)19(20)23-11-13-7-9-14(22-2)10-8-13/h3-10H,11-12H2,1-2H3. The fourth-order valence-electron chi connectivity index (χ4n) is 2.49. The van der Waals surface area contributed by atoms with E-state index in [0.29, 0.717) is 11.1 Å². The molecule has 1 aromatic heterocycles. The van der Waals surface area contributed by atoms with Gasteiger partial charge in [-0.15, -0.1) is 0 Å². The van der Waals surface area contributed by atoms with E-state index in [1.807, 2.05) is 48.5 Å². The number of carbonyl (C=O) groups is 1. The Morgan fingerprint density at radius 1 is 1.00 bits per heavy atom. The summed E-state index contributed by atoms with van der Waals surface area (Å²) < 4.78 is 21.3. The zero-order chi connectivity index (χ0) is 16.9. The molecule has 0 bridgehead atoms. The molecular formula is C19H18O5. The maximum absolute atomic E-state index is 12.4. The molecule has 2 aromatic carbocycles. The van der Waals surface area contributed by atoms with Crippen LogP contribution in [0.4, 0.5) is 0 Å². The average molecular weight is 326 g/mol. The Bertz CT molecular complexity index is 833. The van der Waals surface area contributed by atoms with Crippen molar-refractivity contribution in [3.63, 3.8) is 0 Å². The fraction of sp³-hybridized carbons (Fsp3) is 0.211. The van der Waals surface area contributed by atoms with Gasteiger partial charge in [-0.3, -0.25) is 0 Å². The Morgan fingerprint density at radius 2 is 1.75 bits per heavy atom. The smallest absolute Gasteiger partial charge is 0.374 e. The van der Waals surface area contributed by atoms with Crippen LogP contribution in [0.1, 0.15) is 21.7 Å². The van der Waals surface area contributed by atoms with E-state index in [2.05, 4.69) is 0 Å². The SMILES string of the molecule is COCc1c(C(=O)OCc2ccc(OC)cc2)oc2ccccc12. The lowest BCUT2D eigenvalue weighted by atomic mass is 10.1. The molecular weight excluding hydrogens is 308 g/mol. The molecule has 24 heavy (non-hydrogen) atoms. The second-order valence-electron chi connectivity index (χ2n) is 5.26. The van der Waals surface area contributed by atoms with Gasteiger partial charge in [-0.2, -0.15) is 0 Å². The van der Waals surface area contributed by atoms with Gasteiger partial charge in [-0.1, -0.05) is 30.3 Å². The summed E-state index contributed by atoms with van der Waals surface area (Å²) in [5.41, 5.74) is 2.21. The summed E-state index contributed by atoms with van der Waals surface area (Å²) in [4.78, 5) is 12.4. The van der Waals surface area contributed by atoms with Crippen LogP contribution in [0.15, 0.2) is 52.9 Å². The predicted molar refractivity (Wildman–Crippen MR) is 89.0 cm³/mol. The number of rotatable bonds is 6. The fourth-order valence-corrected chi connectivity index (χ4v) is 2.49. The summed E-state index contributed by atoms with van der Waals surface area (Å²) in [5.74, 6) is 0.436. The molecule has 0 unspecified atom stereocenters. The average Bonchev–Trinajstić information content (AvgIpc) is 2.99. The van der Waals surface area contributed by atoms with Crippen molar-refractivity contribution in [2.45, 2.75) is 13.2 Å². The van der Waals surface area contributed by atoms with Crippen molar-refractivity contribution in [2.24, 2.45) is 0 Å². The van der Waals surface area contributed by atoms with E-state index in [4.69, 9.17) is 18.6 Å². The number of benzene rings is 2. The molecule has 0 aliphatic rings. The van der Waals surface area contributed by atoms with Crippen LogP contribution in [0.5, 0.6) is 5.75 Å². The van der Waals surface area contributed by atoms with E-state index in [1.165, 1.54) is 0 Å². The molecule has 0 fully saturated rings. The van der Waals surface area contributed by atoms with E-state index in [-0.39, 0.29) is 19.0 Å². The lowest BCUT2D eigenvalue weighted by Gasteiger charge is -2.06. The Labute approximate surface area is 139 Å². The van der Waals surface area contributed by atoms with Gasteiger partial charge in [0, 0.05) is 18.1 Å². The van der Waals surface area contributed by atoms with Crippen molar-refractivity contribution in [3.05, 3.63) is 65.4 Å². The summed E-state index contributed by atoms with van der Waals surface area (Å²) in [6.45, 7) is 0.441. The Morgan fingerprint density at radius 3 is 2.46 bits per heavy atom. The van der Waals surface area contributed by atoms with Crippen LogP contribution in [0.2, 0.25) is 0 Å². The number of hydrogen-bond acceptors (Lipinski definition) is 5. The maximum atomic E-state index is 12.4. The molecule has 0 atom stereocenters. The number of esters is 1. The highest BCUT2D eigenvalue weighted by Crippen LogP contribution is 2.27. The van der Waals surface area contributed by atoms with Gasteiger partial charge >= 0.3 is 5.97 Å². The second-order valence-corrected chi connectivity index (χ2v) is 5.26. The van der Waals surface area contributed by atoms with Gasteiger partial charge in [0.15, 0.2) is 0 Å². The van der Waals surface area contributed by atoms with Crippen molar-refractivity contribution in [2.75, 3.05) is 14.2 Å². The summed E-state index contributed by atoms with van der Waals surface area (Å²) in [7, 11) is 3.18. The molecule has 3 aromatic rings. The van der Waals surface area contributed by atoms with Crippen LogP contribution in [-0.2, 0) is 22.7 Å². The van der Waals surface area contributed by atoms with Crippen molar-refractivity contribution < 1.29 is 23.4 Å². The van der Waals surface area contributed by atoms with Gasteiger partial charge in [-0.25, -0.2) is 4.79 Å². The van der Waals surface area contributed by atoms with E-state index in [9.17, 15) is 4.79 Å². The highest BCUT2D eigenvalue weighted by Gasteiger charge is 2.21. The molecule has 124 valence electrons. The number of para-hydroxylation sites is 1. The Hall–Kier alpha value is -2.79. The first-order valence-corrected chi connectivity index (χ1v) is 7.52. The van der Waals surface area contributed by atoms with Crippen LogP contribution in [0, 0.1) is 0 Å². The summed E-state index contributed by atoms with van der Waals surface area (Å²) in [5, 5.41) is 0.857. The van der Waals surface area contributed by atoms with Gasteiger partial charge in [0.25, 0.3) is 0 Å². The van der Waals surface area contributed by atoms with Crippen molar-refractivity contribution in [1.82, 2.24) is 0 Å². The molecule has 5 nitrogen and oxygen atoms in total. The van der Waals surface area contributed by atoms with Gasteiger partial charge in [-0.05, 0) is 23.8 Å². The third-order valence-corrected chi connectivity index (χ3v) is 3.70. The summed E-state index contributed by atoms with van der Waals surface area (Å²) in [6.07, 6.45) is 0. The number of carbonyl (C=O) groups excluding carboxylic acids is 1. The highest BCUT2D eigenvalue weighted by molar-refractivity contribution is 5.96. The minimum atomic E-state index is -0.505. The normalized spacial score (nSPS) is 10.8. The van der Waals surface area contributed by atoms with Crippen molar-refractivity contribution in [1.29, 1.82) is 0 Å². The predicted octanol–water partition coefficient (Wildman–Crippen LogP) is 3.94. The summed E-state index contributed by atoms with van der Waals surface area (Å²) in [6, 6.07) is 14.8. The van der Waals surface area contributed by atoms with Crippen LogP contribution >= 0.6 is 0 Å². The first-order chi connectivity index (χ1) is 11.7. The topological polar surface area (TPSA) is 57.9 Å². The molecule has 0 N–H and O–H groups in total. The third-order valence-electron chi connectivity index (χ3n) is 3.70. The lowest BCUT2D eigenvalue weighted by Crippen LogP contribution is -2.07. The molecule has 0 aliphatic heterocycles. The third kappa shape index (κ3) is 3.26. The first-order valence-electron chi connectivity index (χ1n) is 7.52. The van der Waals surface area contributed by atoms with Gasteiger partial charge < -0.3 is 18.6 Å². The molecule has 1 heterocycles. The van der Waals surface area contributed by atoms with E-state index in [0.717, 1.165) is 16.7 Å². The molecule has 0 spiro atoms. The second kappa shape index (κ2) is 7.19. The lowest BCUT2D eigenvalue weighted by molar-refractivity contribution is 0.0432. The van der Waals surface area contributed by atoms with Gasteiger partial charge in [0.1, 0.15) is 17.9 Å². The van der Waals surface area contributed by atoms with Crippen molar-refractivity contribution >= 4 is 16.9 Å². The Balaban J connectivity index is 1.78. The zero-order valence-electron chi connectivity index (χ0n) is 13.6.